The molecule has 4 aromatic heterocycles. The molecule has 1 fully saturated rings. The van der Waals surface area contributed by atoms with Crippen molar-refractivity contribution in [2.45, 2.75) is 24.5 Å². The molecule has 4 aromatic rings. The molecule has 0 spiro atoms. The van der Waals surface area contributed by atoms with Gasteiger partial charge in [-0.3, -0.25) is 9.67 Å². The number of nitrogens with two attached hydrogens (primary N) is 1. The number of nitrogen functional groups attached to an aromatic ring is 1. The lowest BCUT2D eigenvalue weighted by Gasteiger charge is -2.16. The maximum atomic E-state index is 9.95. The standard InChI is InChI=1S/C10H13N5O4.C3H2N6/c11-8-5-9(13-2-12-8)15(3-14-5)10-7(18)6(17)4(1-16)19-10;1-2-3(6-8-4-1)7-9-5-2/h2-4,6-7,10,16-18H,1H2,(H2,11,12,13);1H,(H,4,5,6,7,9)/t4-,6-,7-,10-;/m1./s1. The molecule has 0 bridgehead atoms. The third-order valence-electron chi connectivity index (χ3n) is 4.11. The molecule has 15 nitrogen and oxygen atoms in total. The summed E-state index contributed by atoms with van der Waals surface area (Å²) in [7, 11) is 0. The molecule has 0 aliphatic carbocycles. The Morgan fingerprint density at radius 3 is 2.79 bits per heavy atom. The van der Waals surface area contributed by atoms with Crippen LogP contribution in [0, 0.1) is 0 Å². The van der Waals surface area contributed by atoms with Crippen LogP contribution in [0.15, 0.2) is 18.9 Å². The number of H-pyrrole nitrogens is 1. The summed E-state index contributed by atoms with van der Waals surface area (Å²) >= 11 is 0. The van der Waals surface area contributed by atoms with Crippen molar-refractivity contribution in [3.8, 4) is 0 Å². The molecule has 15 heteroatoms. The number of imidazole rings is 1. The average Bonchev–Trinajstić information content (AvgIpc) is 3.42. The van der Waals surface area contributed by atoms with E-state index in [0.717, 1.165) is 0 Å². The zero-order valence-corrected chi connectivity index (χ0v) is 14.1. The van der Waals surface area contributed by atoms with Crippen molar-refractivity contribution in [3.63, 3.8) is 0 Å². The second-order valence-electron chi connectivity index (χ2n) is 5.79. The number of nitrogens with zero attached hydrogens (tertiary/aromatic N) is 9. The van der Waals surface area contributed by atoms with Gasteiger partial charge in [-0.25, -0.2) is 15.0 Å². The monoisotopic (exact) mass is 389 g/mol. The van der Waals surface area contributed by atoms with Crippen molar-refractivity contribution in [2.24, 2.45) is 0 Å². The van der Waals surface area contributed by atoms with Crippen molar-refractivity contribution >= 4 is 28.1 Å². The Labute approximate surface area is 155 Å². The SMILES string of the molecule is Nc1ncnc2c1ncn2[C@@H]1O[C@H](CO)[C@@H](O)[C@H]1O.c1nnnc2nn[nH]c12. The van der Waals surface area contributed by atoms with E-state index in [1.165, 1.54) is 23.4 Å². The molecule has 0 aromatic carbocycles. The third kappa shape index (κ3) is 3.07. The van der Waals surface area contributed by atoms with E-state index in [1.54, 1.807) is 0 Å². The summed E-state index contributed by atoms with van der Waals surface area (Å²) in [6.45, 7) is -0.390. The van der Waals surface area contributed by atoms with Gasteiger partial charge >= 0.3 is 0 Å². The molecular weight excluding hydrogens is 374 g/mol. The highest BCUT2D eigenvalue weighted by Gasteiger charge is 2.43. The minimum Gasteiger partial charge on any atom is -0.394 e. The quantitative estimate of drug-likeness (QED) is 0.233. The van der Waals surface area contributed by atoms with Crippen LogP contribution in [0.25, 0.3) is 22.3 Å². The number of ether oxygens (including phenoxy) is 1. The van der Waals surface area contributed by atoms with Gasteiger partial charge in [0.25, 0.3) is 0 Å². The Kier molecular flexibility index (Phi) is 4.70. The fraction of sp³-hybridized carbons (Fsp3) is 0.385. The van der Waals surface area contributed by atoms with Gasteiger partial charge in [-0.15, -0.1) is 15.3 Å². The molecule has 4 atom stereocenters. The molecule has 146 valence electrons. The molecule has 1 aliphatic heterocycles. The molecule has 0 saturated carbocycles. The lowest BCUT2D eigenvalue weighted by molar-refractivity contribution is -0.0511. The van der Waals surface area contributed by atoms with E-state index in [4.69, 9.17) is 15.6 Å². The molecular formula is C13H15N11O4. The van der Waals surface area contributed by atoms with Crippen LogP contribution in [0.4, 0.5) is 5.82 Å². The van der Waals surface area contributed by atoms with E-state index >= 15 is 0 Å². The first-order valence-corrected chi connectivity index (χ1v) is 8.00. The Bertz CT molecular complexity index is 1050. The summed E-state index contributed by atoms with van der Waals surface area (Å²) < 4.78 is 6.85. The molecule has 0 amide bonds. The highest BCUT2D eigenvalue weighted by atomic mass is 16.6. The molecule has 1 aliphatic rings. The number of fused-ring (bicyclic) bond motifs is 2. The summed E-state index contributed by atoms with van der Waals surface area (Å²) in [5.74, 6) is 0.218. The fourth-order valence-electron chi connectivity index (χ4n) is 2.71. The second kappa shape index (κ2) is 7.31. The number of nitrogens with one attached hydrogen (secondary N) is 1. The molecule has 5 heterocycles. The molecule has 6 N–H and O–H groups in total. The minimum atomic E-state index is -1.19. The number of hydrogen-bond acceptors (Lipinski definition) is 13. The number of aliphatic hydroxyl groups is 3. The topological polar surface area (TPSA) is 220 Å². The van der Waals surface area contributed by atoms with E-state index in [1.807, 2.05) is 0 Å². The Balaban J connectivity index is 0.000000177. The van der Waals surface area contributed by atoms with Gasteiger partial charge in [0.15, 0.2) is 17.7 Å². The van der Waals surface area contributed by atoms with Crippen molar-refractivity contribution < 1.29 is 20.1 Å². The number of rotatable bonds is 2. The summed E-state index contributed by atoms with van der Waals surface area (Å²) in [5.41, 5.74) is 7.63. The fourth-order valence-corrected chi connectivity index (χ4v) is 2.71. The van der Waals surface area contributed by atoms with Gasteiger partial charge in [0.1, 0.15) is 35.7 Å². The molecule has 0 radical (unpaired) electrons. The lowest BCUT2D eigenvalue weighted by Crippen LogP contribution is -2.33. The van der Waals surface area contributed by atoms with Gasteiger partial charge < -0.3 is 25.8 Å². The highest BCUT2D eigenvalue weighted by Crippen LogP contribution is 2.31. The Morgan fingerprint density at radius 2 is 2.04 bits per heavy atom. The molecule has 28 heavy (non-hydrogen) atoms. The predicted molar refractivity (Wildman–Crippen MR) is 90.0 cm³/mol. The number of aromatic nitrogens is 10. The minimum absolute atomic E-state index is 0.218. The van der Waals surface area contributed by atoms with E-state index in [2.05, 4.69) is 45.8 Å². The second-order valence-corrected chi connectivity index (χ2v) is 5.79. The van der Waals surface area contributed by atoms with E-state index in [0.29, 0.717) is 22.3 Å². The first-order chi connectivity index (χ1) is 13.6. The zero-order valence-electron chi connectivity index (χ0n) is 14.1. The first kappa shape index (κ1) is 18.0. The average molecular weight is 389 g/mol. The summed E-state index contributed by atoms with van der Waals surface area (Å²) in [6.07, 6.45) is 0.0932. The van der Waals surface area contributed by atoms with Crippen molar-refractivity contribution in [1.29, 1.82) is 0 Å². The number of aromatic amines is 1. The van der Waals surface area contributed by atoms with Crippen molar-refractivity contribution in [2.75, 3.05) is 12.3 Å². The highest BCUT2D eigenvalue weighted by molar-refractivity contribution is 5.81. The van der Waals surface area contributed by atoms with Gasteiger partial charge in [0.05, 0.1) is 19.1 Å². The van der Waals surface area contributed by atoms with Crippen molar-refractivity contribution in [3.05, 3.63) is 18.9 Å². The zero-order chi connectivity index (χ0) is 19.7. The summed E-state index contributed by atoms with van der Waals surface area (Å²) in [4.78, 5) is 11.9. The number of aliphatic hydroxyl groups excluding tert-OH is 3. The van der Waals surface area contributed by atoms with Crippen molar-refractivity contribution in [1.82, 2.24) is 50.3 Å². The van der Waals surface area contributed by atoms with Crippen LogP contribution >= 0.6 is 0 Å². The first-order valence-electron chi connectivity index (χ1n) is 8.00. The summed E-state index contributed by atoms with van der Waals surface area (Å²) in [5, 5.41) is 48.9. The van der Waals surface area contributed by atoms with Gasteiger partial charge in [0, 0.05) is 0 Å². The van der Waals surface area contributed by atoms with Crippen LogP contribution in [0.1, 0.15) is 6.23 Å². The smallest absolute Gasteiger partial charge is 0.226 e. The van der Waals surface area contributed by atoms with Crippen LogP contribution in [-0.4, -0.2) is 90.6 Å². The van der Waals surface area contributed by atoms with Crippen LogP contribution < -0.4 is 5.73 Å². The lowest BCUT2D eigenvalue weighted by atomic mass is 10.1. The van der Waals surface area contributed by atoms with Crippen LogP contribution in [0.3, 0.4) is 0 Å². The predicted octanol–water partition coefficient (Wildman–Crippen LogP) is -2.84. The van der Waals surface area contributed by atoms with E-state index in [9.17, 15) is 10.2 Å². The van der Waals surface area contributed by atoms with Crippen LogP contribution in [0.2, 0.25) is 0 Å². The van der Waals surface area contributed by atoms with Gasteiger partial charge in [-0.2, -0.15) is 0 Å². The molecule has 1 saturated heterocycles. The van der Waals surface area contributed by atoms with Gasteiger partial charge in [0.2, 0.25) is 5.65 Å². The third-order valence-corrected chi connectivity index (χ3v) is 4.11. The van der Waals surface area contributed by atoms with Crippen LogP contribution in [-0.2, 0) is 4.74 Å². The number of hydrogen-bond donors (Lipinski definition) is 5. The molecule has 5 rings (SSSR count). The number of anilines is 1. The maximum absolute atomic E-state index is 9.95. The summed E-state index contributed by atoms with van der Waals surface area (Å²) in [6, 6.07) is 0. The van der Waals surface area contributed by atoms with Crippen LogP contribution in [0.5, 0.6) is 0 Å². The maximum Gasteiger partial charge on any atom is 0.226 e. The van der Waals surface area contributed by atoms with Gasteiger partial charge in [-0.05, 0) is 5.21 Å². The molecule has 0 unspecified atom stereocenters. The largest absolute Gasteiger partial charge is 0.394 e. The normalized spacial score (nSPS) is 24.4. The van der Waals surface area contributed by atoms with E-state index in [-0.39, 0.29) is 5.82 Å². The van der Waals surface area contributed by atoms with Gasteiger partial charge in [-0.1, -0.05) is 5.21 Å². The Hall–Kier alpha value is -3.40. The van der Waals surface area contributed by atoms with E-state index < -0.39 is 31.1 Å². The Morgan fingerprint density at radius 1 is 1.18 bits per heavy atom.